The first-order valence-electron chi connectivity index (χ1n) is 7.80. The number of benzene rings is 2. The Bertz CT molecular complexity index is 894. The molecule has 1 heterocycles. The van der Waals surface area contributed by atoms with Gasteiger partial charge in [0, 0.05) is 23.4 Å². The molecule has 0 unspecified atom stereocenters. The second kappa shape index (κ2) is 7.53. The molecule has 0 radical (unpaired) electrons. The number of nitrogens with one attached hydrogen (secondary N) is 1. The molecule has 0 atom stereocenters. The standard InChI is InChI=1S/C19H16F2N2OS/c1-12-18(13-6-3-2-4-7-13)23-16(25-12)10-11-22-19(24)14-8-5-9-15(20)17(14)21/h2-9H,10-11H2,1H3,(H,22,24). The molecule has 0 aliphatic carbocycles. The summed E-state index contributed by atoms with van der Waals surface area (Å²) in [5.41, 5.74) is 1.69. The number of halogens is 2. The molecule has 3 nitrogen and oxygen atoms in total. The van der Waals surface area contributed by atoms with Gasteiger partial charge >= 0.3 is 0 Å². The van der Waals surface area contributed by atoms with Gasteiger partial charge in [0.1, 0.15) is 0 Å². The largest absolute Gasteiger partial charge is 0.352 e. The second-order valence-electron chi connectivity index (χ2n) is 5.49. The first-order chi connectivity index (χ1) is 12.1. The van der Waals surface area contributed by atoms with Gasteiger partial charge in [-0.2, -0.15) is 0 Å². The summed E-state index contributed by atoms with van der Waals surface area (Å²) in [6.07, 6.45) is 0.529. The maximum Gasteiger partial charge on any atom is 0.254 e. The van der Waals surface area contributed by atoms with Crippen molar-refractivity contribution in [3.05, 3.63) is 75.6 Å². The highest BCUT2D eigenvalue weighted by atomic mass is 32.1. The highest BCUT2D eigenvalue weighted by molar-refractivity contribution is 7.12. The van der Waals surface area contributed by atoms with Crippen LogP contribution in [-0.2, 0) is 6.42 Å². The van der Waals surface area contributed by atoms with E-state index in [9.17, 15) is 13.6 Å². The van der Waals surface area contributed by atoms with Crippen LogP contribution in [0.3, 0.4) is 0 Å². The van der Waals surface area contributed by atoms with Crippen LogP contribution in [0.1, 0.15) is 20.2 Å². The average molecular weight is 358 g/mol. The maximum absolute atomic E-state index is 13.6. The lowest BCUT2D eigenvalue weighted by atomic mass is 10.1. The molecule has 1 amide bonds. The fourth-order valence-electron chi connectivity index (χ4n) is 2.48. The van der Waals surface area contributed by atoms with Gasteiger partial charge in [0.15, 0.2) is 11.6 Å². The van der Waals surface area contributed by atoms with Crippen molar-refractivity contribution in [3.8, 4) is 11.3 Å². The summed E-state index contributed by atoms with van der Waals surface area (Å²) in [4.78, 5) is 17.7. The fraction of sp³-hybridized carbons (Fsp3) is 0.158. The molecule has 128 valence electrons. The van der Waals surface area contributed by atoms with Crippen LogP contribution in [0.25, 0.3) is 11.3 Å². The smallest absolute Gasteiger partial charge is 0.254 e. The molecule has 0 bridgehead atoms. The molecule has 0 fully saturated rings. The molecule has 25 heavy (non-hydrogen) atoms. The number of aromatic nitrogens is 1. The van der Waals surface area contributed by atoms with Gasteiger partial charge in [-0.25, -0.2) is 13.8 Å². The highest BCUT2D eigenvalue weighted by Gasteiger charge is 2.15. The third kappa shape index (κ3) is 3.91. The zero-order chi connectivity index (χ0) is 17.8. The number of aryl methyl sites for hydroxylation is 1. The Labute approximate surface area is 148 Å². The van der Waals surface area contributed by atoms with Crippen LogP contribution in [-0.4, -0.2) is 17.4 Å². The molecular weight excluding hydrogens is 342 g/mol. The van der Waals surface area contributed by atoms with E-state index in [1.807, 2.05) is 37.3 Å². The van der Waals surface area contributed by atoms with Crippen LogP contribution in [0.4, 0.5) is 8.78 Å². The van der Waals surface area contributed by atoms with Gasteiger partial charge in [-0.15, -0.1) is 11.3 Å². The molecule has 3 rings (SSSR count). The van der Waals surface area contributed by atoms with Crippen molar-refractivity contribution in [2.75, 3.05) is 6.54 Å². The van der Waals surface area contributed by atoms with Gasteiger partial charge in [0.2, 0.25) is 0 Å². The van der Waals surface area contributed by atoms with Gasteiger partial charge in [-0.1, -0.05) is 36.4 Å². The van der Waals surface area contributed by atoms with E-state index in [4.69, 9.17) is 0 Å². The minimum Gasteiger partial charge on any atom is -0.352 e. The number of hydrogen-bond donors (Lipinski definition) is 1. The van der Waals surface area contributed by atoms with Crippen LogP contribution < -0.4 is 5.32 Å². The molecule has 3 aromatic rings. The molecule has 0 aliphatic rings. The number of thiazole rings is 1. The van der Waals surface area contributed by atoms with Gasteiger partial charge in [0.05, 0.1) is 16.3 Å². The van der Waals surface area contributed by atoms with Crippen molar-refractivity contribution in [2.45, 2.75) is 13.3 Å². The predicted octanol–water partition coefficient (Wildman–Crippen LogP) is 4.37. The van der Waals surface area contributed by atoms with Gasteiger partial charge < -0.3 is 5.32 Å². The monoisotopic (exact) mass is 358 g/mol. The molecule has 0 aliphatic heterocycles. The van der Waals surface area contributed by atoms with Crippen molar-refractivity contribution in [1.82, 2.24) is 10.3 Å². The molecule has 6 heteroatoms. The van der Waals surface area contributed by atoms with E-state index >= 15 is 0 Å². The summed E-state index contributed by atoms with van der Waals surface area (Å²) >= 11 is 1.57. The molecule has 1 aromatic heterocycles. The Hall–Kier alpha value is -2.60. The molecule has 0 saturated heterocycles. The molecule has 2 aromatic carbocycles. The quantitative estimate of drug-likeness (QED) is 0.736. The van der Waals surface area contributed by atoms with Crippen LogP contribution >= 0.6 is 11.3 Å². The Morgan fingerprint density at radius 3 is 2.64 bits per heavy atom. The maximum atomic E-state index is 13.6. The van der Waals surface area contributed by atoms with E-state index in [1.54, 1.807) is 11.3 Å². The predicted molar refractivity (Wildman–Crippen MR) is 94.7 cm³/mol. The zero-order valence-corrected chi connectivity index (χ0v) is 14.4. The molecule has 1 N–H and O–H groups in total. The van der Waals surface area contributed by atoms with Gasteiger partial charge in [-0.3, -0.25) is 4.79 Å². The summed E-state index contributed by atoms with van der Waals surface area (Å²) < 4.78 is 26.8. The molecule has 0 saturated carbocycles. The Balaban J connectivity index is 1.63. The lowest BCUT2D eigenvalue weighted by Gasteiger charge is -2.05. The van der Waals surface area contributed by atoms with E-state index in [2.05, 4.69) is 10.3 Å². The Morgan fingerprint density at radius 1 is 1.12 bits per heavy atom. The van der Waals surface area contributed by atoms with Crippen LogP contribution in [0, 0.1) is 18.6 Å². The summed E-state index contributed by atoms with van der Waals surface area (Å²) in [5, 5.41) is 3.49. The minimum atomic E-state index is -1.13. The van der Waals surface area contributed by atoms with Gasteiger partial charge in [-0.05, 0) is 19.1 Å². The summed E-state index contributed by atoms with van der Waals surface area (Å²) in [5.74, 6) is -2.79. The third-order valence-electron chi connectivity index (χ3n) is 3.71. The average Bonchev–Trinajstić information content (AvgIpc) is 2.98. The van der Waals surface area contributed by atoms with Crippen molar-refractivity contribution >= 4 is 17.2 Å². The highest BCUT2D eigenvalue weighted by Crippen LogP contribution is 2.27. The van der Waals surface area contributed by atoms with E-state index in [0.717, 1.165) is 27.2 Å². The van der Waals surface area contributed by atoms with Crippen molar-refractivity contribution in [2.24, 2.45) is 0 Å². The number of amides is 1. The van der Waals surface area contributed by atoms with Crippen molar-refractivity contribution in [3.63, 3.8) is 0 Å². The van der Waals surface area contributed by atoms with Crippen molar-refractivity contribution in [1.29, 1.82) is 0 Å². The summed E-state index contributed by atoms with van der Waals surface area (Å²) in [6, 6.07) is 13.4. The SMILES string of the molecule is Cc1sc(CCNC(=O)c2cccc(F)c2F)nc1-c1ccccc1. The van der Waals surface area contributed by atoms with E-state index in [-0.39, 0.29) is 5.56 Å². The zero-order valence-electron chi connectivity index (χ0n) is 13.6. The molecule has 0 spiro atoms. The normalized spacial score (nSPS) is 10.7. The number of carbonyl (C=O) groups excluding carboxylic acids is 1. The fourth-order valence-corrected chi connectivity index (χ4v) is 3.43. The number of nitrogens with zero attached hydrogens (tertiary/aromatic N) is 1. The summed E-state index contributed by atoms with van der Waals surface area (Å²) in [6.45, 7) is 2.31. The number of rotatable bonds is 5. The lowest BCUT2D eigenvalue weighted by molar-refractivity contribution is 0.0949. The number of carbonyl (C=O) groups is 1. The van der Waals surface area contributed by atoms with E-state index in [1.165, 1.54) is 12.1 Å². The van der Waals surface area contributed by atoms with Crippen LogP contribution in [0.15, 0.2) is 48.5 Å². The topological polar surface area (TPSA) is 42.0 Å². The van der Waals surface area contributed by atoms with E-state index < -0.39 is 17.5 Å². The lowest BCUT2D eigenvalue weighted by Crippen LogP contribution is -2.26. The van der Waals surface area contributed by atoms with Crippen molar-refractivity contribution < 1.29 is 13.6 Å². The second-order valence-corrected chi connectivity index (χ2v) is 6.77. The third-order valence-corrected chi connectivity index (χ3v) is 4.74. The minimum absolute atomic E-state index is 0.291. The first kappa shape index (κ1) is 17.2. The first-order valence-corrected chi connectivity index (χ1v) is 8.62. The number of hydrogen-bond acceptors (Lipinski definition) is 3. The van der Waals surface area contributed by atoms with Crippen LogP contribution in [0.5, 0.6) is 0 Å². The summed E-state index contributed by atoms with van der Waals surface area (Å²) in [7, 11) is 0. The van der Waals surface area contributed by atoms with Gasteiger partial charge in [0.25, 0.3) is 5.91 Å². The molecular formula is C19H16F2N2OS. The Morgan fingerprint density at radius 2 is 1.88 bits per heavy atom. The van der Waals surface area contributed by atoms with Crippen LogP contribution in [0.2, 0.25) is 0 Å². The Kier molecular flexibility index (Phi) is 5.19. The van der Waals surface area contributed by atoms with E-state index in [0.29, 0.717) is 13.0 Å².